The standard InChI is InChI=1S/C9H7ClN2O2.C9H8N2O3/c1-14-8(13)5-2-3-6-7(4-5)12-9(10)11-6;1-14-8(12)5-2-3-6-7(4-5)11-9(13)10-6/h2-4H,1H3,(H,11,12);2-4H,1H3,(H2,10,11,13). The van der Waals surface area contributed by atoms with Crippen LogP contribution in [-0.2, 0) is 9.47 Å². The molecule has 0 unspecified atom stereocenters. The van der Waals surface area contributed by atoms with Crippen molar-refractivity contribution in [3.63, 3.8) is 0 Å². The van der Waals surface area contributed by atoms with Crippen LogP contribution in [0.25, 0.3) is 22.1 Å². The number of halogens is 1. The Morgan fingerprint density at radius 1 is 0.857 bits per heavy atom. The SMILES string of the molecule is COC(=O)c1ccc2[nH]c(=O)[nH]c2c1.COC(=O)c1ccc2nc(Cl)[nH]c2c1. The Bertz CT molecular complexity index is 1220. The van der Waals surface area contributed by atoms with Gasteiger partial charge >= 0.3 is 17.6 Å². The van der Waals surface area contributed by atoms with Crippen molar-refractivity contribution in [2.45, 2.75) is 0 Å². The van der Waals surface area contributed by atoms with Gasteiger partial charge in [0.15, 0.2) is 0 Å². The van der Waals surface area contributed by atoms with Gasteiger partial charge in [-0.15, -0.1) is 0 Å². The third-order valence-electron chi connectivity index (χ3n) is 3.81. The van der Waals surface area contributed by atoms with Gasteiger partial charge in [0, 0.05) is 0 Å². The van der Waals surface area contributed by atoms with E-state index < -0.39 is 5.97 Å². The molecule has 28 heavy (non-hydrogen) atoms. The molecule has 0 amide bonds. The molecule has 0 bridgehead atoms. The zero-order valence-electron chi connectivity index (χ0n) is 14.8. The van der Waals surface area contributed by atoms with Crippen molar-refractivity contribution >= 4 is 45.6 Å². The molecule has 0 radical (unpaired) electrons. The van der Waals surface area contributed by atoms with E-state index in [0.717, 1.165) is 11.0 Å². The molecule has 0 spiro atoms. The summed E-state index contributed by atoms with van der Waals surface area (Å²) in [5.74, 6) is -0.799. The highest BCUT2D eigenvalue weighted by Gasteiger charge is 2.08. The fourth-order valence-electron chi connectivity index (χ4n) is 2.50. The second kappa shape index (κ2) is 7.97. The molecule has 0 aliphatic heterocycles. The molecule has 2 aromatic carbocycles. The summed E-state index contributed by atoms with van der Waals surface area (Å²) in [6.07, 6.45) is 0. The Morgan fingerprint density at radius 3 is 2.07 bits per heavy atom. The van der Waals surface area contributed by atoms with Crippen molar-refractivity contribution in [1.29, 1.82) is 0 Å². The van der Waals surface area contributed by atoms with Gasteiger partial charge in [-0.3, -0.25) is 0 Å². The molecule has 2 aromatic heterocycles. The number of methoxy groups -OCH3 is 2. The normalized spacial score (nSPS) is 10.4. The number of aromatic nitrogens is 4. The maximum Gasteiger partial charge on any atom is 0.337 e. The van der Waals surface area contributed by atoms with E-state index in [9.17, 15) is 14.4 Å². The molecular formula is C18H15ClN4O5. The van der Waals surface area contributed by atoms with E-state index in [1.807, 2.05) is 0 Å². The van der Waals surface area contributed by atoms with Gasteiger partial charge in [0.1, 0.15) is 0 Å². The number of imidazole rings is 2. The van der Waals surface area contributed by atoms with Gasteiger partial charge in [0.2, 0.25) is 5.28 Å². The Hall–Kier alpha value is -3.59. The molecule has 9 nitrogen and oxygen atoms in total. The average molecular weight is 403 g/mol. The number of nitrogens with one attached hydrogen (secondary N) is 3. The van der Waals surface area contributed by atoms with E-state index in [1.165, 1.54) is 14.2 Å². The van der Waals surface area contributed by atoms with Crippen LogP contribution in [0.15, 0.2) is 41.2 Å². The van der Waals surface area contributed by atoms with E-state index >= 15 is 0 Å². The molecule has 4 rings (SSSR count). The van der Waals surface area contributed by atoms with Crippen molar-refractivity contribution in [3.05, 3.63) is 63.3 Å². The Kier molecular flexibility index (Phi) is 5.46. The van der Waals surface area contributed by atoms with Crippen molar-refractivity contribution < 1.29 is 19.1 Å². The number of aromatic amines is 3. The summed E-state index contributed by atoms with van der Waals surface area (Å²) in [5, 5.41) is 0.307. The maximum absolute atomic E-state index is 11.2. The quantitative estimate of drug-likeness (QED) is 0.442. The largest absolute Gasteiger partial charge is 0.465 e. The fraction of sp³-hybridized carbons (Fsp3) is 0.111. The summed E-state index contributed by atoms with van der Waals surface area (Å²) in [4.78, 5) is 45.2. The molecule has 2 heterocycles. The van der Waals surface area contributed by atoms with Crippen LogP contribution in [0.4, 0.5) is 0 Å². The van der Waals surface area contributed by atoms with Gasteiger partial charge in [0.25, 0.3) is 0 Å². The van der Waals surface area contributed by atoms with Crippen LogP contribution in [0, 0.1) is 0 Å². The van der Waals surface area contributed by atoms with Crippen molar-refractivity contribution in [2.24, 2.45) is 0 Å². The Morgan fingerprint density at radius 2 is 1.43 bits per heavy atom. The van der Waals surface area contributed by atoms with Crippen LogP contribution >= 0.6 is 11.6 Å². The Labute approximate surface area is 162 Å². The summed E-state index contributed by atoms with van der Waals surface area (Å²) >= 11 is 5.67. The molecule has 3 N–H and O–H groups in total. The lowest BCUT2D eigenvalue weighted by Gasteiger charge is -1.97. The number of hydrogen-bond acceptors (Lipinski definition) is 6. The minimum Gasteiger partial charge on any atom is -0.465 e. The number of benzene rings is 2. The minimum atomic E-state index is -0.422. The zero-order chi connectivity index (χ0) is 20.3. The van der Waals surface area contributed by atoms with E-state index in [-0.39, 0.29) is 11.7 Å². The van der Waals surface area contributed by atoms with Crippen LogP contribution < -0.4 is 5.69 Å². The number of hydrogen-bond donors (Lipinski definition) is 3. The topological polar surface area (TPSA) is 130 Å². The van der Waals surface area contributed by atoms with E-state index in [2.05, 4.69) is 29.4 Å². The third kappa shape index (κ3) is 4.04. The van der Waals surface area contributed by atoms with Crippen LogP contribution in [0.3, 0.4) is 0 Å². The second-order valence-corrected chi connectivity index (χ2v) is 5.94. The predicted molar refractivity (Wildman–Crippen MR) is 103 cm³/mol. The van der Waals surface area contributed by atoms with Gasteiger partial charge in [-0.25, -0.2) is 19.4 Å². The monoisotopic (exact) mass is 402 g/mol. The second-order valence-electron chi connectivity index (χ2n) is 5.58. The van der Waals surface area contributed by atoms with E-state index in [4.69, 9.17) is 11.6 Å². The lowest BCUT2D eigenvalue weighted by atomic mass is 10.2. The van der Waals surface area contributed by atoms with Crippen molar-refractivity contribution in [2.75, 3.05) is 14.2 Å². The highest BCUT2D eigenvalue weighted by atomic mass is 35.5. The minimum absolute atomic E-state index is 0.290. The third-order valence-corrected chi connectivity index (χ3v) is 3.99. The molecule has 0 fully saturated rings. The lowest BCUT2D eigenvalue weighted by Crippen LogP contribution is -2.00. The molecule has 0 saturated carbocycles. The smallest absolute Gasteiger partial charge is 0.337 e. The number of H-pyrrole nitrogens is 3. The average Bonchev–Trinajstić information content (AvgIpc) is 3.25. The number of fused-ring (bicyclic) bond motifs is 2. The first-order chi connectivity index (χ1) is 13.4. The molecule has 0 aliphatic carbocycles. The first kappa shape index (κ1) is 19.2. The van der Waals surface area contributed by atoms with Gasteiger partial charge < -0.3 is 24.4 Å². The molecule has 4 aromatic rings. The first-order valence-corrected chi connectivity index (χ1v) is 8.33. The summed E-state index contributed by atoms with van der Waals surface area (Å²) in [6, 6.07) is 9.83. The summed E-state index contributed by atoms with van der Waals surface area (Å²) < 4.78 is 9.14. The van der Waals surface area contributed by atoms with Crippen LogP contribution in [-0.4, -0.2) is 46.1 Å². The number of rotatable bonds is 2. The van der Waals surface area contributed by atoms with E-state index in [1.54, 1.807) is 36.4 Å². The first-order valence-electron chi connectivity index (χ1n) is 7.95. The van der Waals surface area contributed by atoms with Crippen molar-refractivity contribution in [1.82, 2.24) is 19.9 Å². The number of carbonyl (C=O) groups is 2. The number of nitrogens with zero attached hydrogens (tertiary/aromatic N) is 1. The predicted octanol–water partition coefficient (Wildman–Crippen LogP) is 2.65. The van der Waals surface area contributed by atoms with Gasteiger partial charge in [-0.05, 0) is 48.0 Å². The van der Waals surface area contributed by atoms with Gasteiger partial charge in [-0.2, -0.15) is 0 Å². The fourth-order valence-corrected chi connectivity index (χ4v) is 2.69. The molecule has 0 saturated heterocycles. The van der Waals surface area contributed by atoms with E-state index in [0.29, 0.717) is 27.4 Å². The van der Waals surface area contributed by atoms with Crippen LogP contribution in [0.1, 0.15) is 20.7 Å². The summed E-state index contributed by atoms with van der Waals surface area (Å²) in [7, 11) is 2.65. The maximum atomic E-state index is 11.2. The number of carbonyl (C=O) groups excluding carboxylic acids is 2. The zero-order valence-corrected chi connectivity index (χ0v) is 15.6. The number of ether oxygens (including phenoxy) is 2. The molecule has 0 atom stereocenters. The summed E-state index contributed by atoms with van der Waals surface area (Å²) in [5.41, 5.74) is 3.30. The summed E-state index contributed by atoms with van der Waals surface area (Å²) in [6.45, 7) is 0. The highest BCUT2D eigenvalue weighted by Crippen LogP contribution is 2.16. The Balaban J connectivity index is 0.000000161. The number of esters is 2. The molecule has 144 valence electrons. The highest BCUT2D eigenvalue weighted by molar-refractivity contribution is 6.29. The molecular weight excluding hydrogens is 388 g/mol. The van der Waals surface area contributed by atoms with Crippen LogP contribution in [0.2, 0.25) is 5.28 Å². The van der Waals surface area contributed by atoms with Gasteiger partial charge in [0.05, 0.1) is 47.4 Å². The molecule has 0 aliphatic rings. The molecule has 10 heteroatoms. The van der Waals surface area contributed by atoms with Gasteiger partial charge in [-0.1, -0.05) is 0 Å². The van der Waals surface area contributed by atoms with Crippen molar-refractivity contribution in [3.8, 4) is 0 Å². The van der Waals surface area contributed by atoms with Crippen LogP contribution in [0.5, 0.6) is 0 Å². The lowest BCUT2D eigenvalue weighted by molar-refractivity contribution is 0.0592.